The summed E-state index contributed by atoms with van der Waals surface area (Å²) in [5.41, 5.74) is 4.82. The molecule has 2 amide bonds. The molecule has 0 radical (unpaired) electrons. The molecule has 1 aromatic rings. The van der Waals surface area contributed by atoms with E-state index < -0.39 is 6.03 Å². The van der Waals surface area contributed by atoms with Crippen molar-refractivity contribution >= 4 is 29.3 Å². The molecule has 0 saturated carbocycles. The molecule has 4 nitrogen and oxygen atoms in total. The summed E-state index contributed by atoms with van der Waals surface area (Å²) in [5.74, 6) is 0. The maximum Gasteiger partial charge on any atom is 0.322 e. The van der Waals surface area contributed by atoms with E-state index in [1.54, 1.807) is 6.20 Å². The lowest BCUT2D eigenvalue weighted by Gasteiger charge is -1.93. The second-order valence-electron chi connectivity index (χ2n) is 1.37. The first-order valence-corrected chi connectivity index (χ1v) is 4.10. The lowest BCUT2D eigenvalue weighted by Crippen LogP contribution is -2.22. The molecule has 54 valence electrons. The van der Waals surface area contributed by atoms with E-state index in [0.29, 0.717) is 0 Å². The minimum absolute atomic E-state index is 0.555. The van der Waals surface area contributed by atoms with Crippen molar-refractivity contribution in [2.75, 3.05) is 0 Å². The average Bonchev–Trinajstić information content (AvgIpc) is 2.34. The molecule has 0 aliphatic carbocycles. The highest BCUT2D eigenvalue weighted by atomic mass is 32.2. The van der Waals surface area contributed by atoms with Gasteiger partial charge in [0.05, 0.1) is 0 Å². The van der Waals surface area contributed by atoms with E-state index in [-0.39, 0.29) is 0 Å². The van der Waals surface area contributed by atoms with E-state index in [4.69, 9.17) is 5.73 Å². The van der Waals surface area contributed by atoms with Gasteiger partial charge in [0.15, 0.2) is 4.34 Å². The molecule has 0 aliphatic rings. The SMILES string of the molecule is NC(=O)NSc1nccs1. The molecule has 0 aliphatic heterocycles. The maximum absolute atomic E-state index is 10.2. The van der Waals surface area contributed by atoms with E-state index in [9.17, 15) is 4.79 Å². The Hall–Kier alpha value is -0.750. The van der Waals surface area contributed by atoms with Crippen molar-refractivity contribution in [1.82, 2.24) is 9.71 Å². The predicted octanol–water partition coefficient (Wildman–Crippen LogP) is 0.819. The monoisotopic (exact) mass is 175 g/mol. The van der Waals surface area contributed by atoms with Crippen LogP contribution in [0.3, 0.4) is 0 Å². The standard InChI is InChI=1S/C4H5N3OS2/c5-3(8)7-10-4-6-1-2-9-4/h1-2H,(H3,5,7,8). The second-order valence-corrected chi connectivity index (χ2v) is 3.31. The van der Waals surface area contributed by atoms with Crippen molar-refractivity contribution in [2.24, 2.45) is 5.73 Å². The minimum Gasteiger partial charge on any atom is -0.351 e. The fourth-order valence-corrected chi connectivity index (χ4v) is 1.50. The number of urea groups is 1. The van der Waals surface area contributed by atoms with E-state index in [1.165, 1.54) is 11.3 Å². The van der Waals surface area contributed by atoms with E-state index >= 15 is 0 Å². The van der Waals surface area contributed by atoms with E-state index in [1.807, 2.05) is 5.38 Å². The van der Waals surface area contributed by atoms with Gasteiger partial charge < -0.3 is 5.73 Å². The van der Waals surface area contributed by atoms with Gasteiger partial charge in [-0.15, -0.1) is 11.3 Å². The molecule has 0 atom stereocenters. The van der Waals surface area contributed by atoms with Crippen LogP contribution < -0.4 is 10.5 Å². The zero-order valence-electron chi connectivity index (χ0n) is 4.90. The van der Waals surface area contributed by atoms with Gasteiger partial charge in [-0.05, 0) is 0 Å². The second kappa shape index (κ2) is 3.43. The summed E-state index contributed by atoms with van der Waals surface area (Å²) >= 11 is 2.56. The summed E-state index contributed by atoms with van der Waals surface area (Å²) in [6.45, 7) is 0. The molecule has 0 bridgehead atoms. The van der Waals surface area contributed by atoms with Gasteiger partial charge in [0.1, 0.15) is 0 Å². The molecule has 10 heavy (non-hydrogen) atoms. The molecule has 0 fully saturated rings. The van der Waals surface area contributed by atoms with Crippen LogP contribution in [0.5, 0.6) is 0 Å². The van der Waals surface area contributed by atoms with Crippen molar-refractivity contribution in [2.45, 2.75) is 4.34 Å². The Morgan fingerprint density at radius 3 is 3.20 bits per heavy atom. The van der Waals surface area contributed by atoms with Gasteiger partial charge in [0, 0.05) is 23.5 Å². The Morgan fingerprint density at radius 1 is 1.90 bits per heavy atom. The van der Waals surface area contributed by atoms with Crippen molar-refractivity contribution in [3.05, 3.63) is 11.6 Å². The van der Waals surface area contributed by atoms with Gasteiger partial charge in [0.2, 0.25) is 0 Å². The Balaban J connectivity index is 2.35. The summed E-state index contributed by atoms with van der Waals surface area (Å²) in [6, 6.07) is -0.555. The largest absolute Gasteiger partial charge is 0.351 e. The number of nitrogens with one attached hydrogen (secondary N) is 1. The number of hydrogen-bond acceptors (Lipinski definition) is 4. The first kappa shape index (κ1) is 7.36. The van der Waals surface area contributed by atoms with Crippen molar-refractivity contribution < 1.29 is 4.79 Å². The van der Waals surface area contributed by atoms with Gasteiger partial charge in [-0.2, -0.15) is 0 Å². The number of hydrogen-bond donors (Lipinski definition) is 2. The number of amides is 2. The third-order valence-corrected chi connectivity index (χ3v) is 2.34. The van der Waals surface area contributed by atoms with Gasteiger partial charge in [0.25, 0.3) is 0 Å². The third-order valence-electron chi connectivity index (χ3n) is 0.649. The number of carbonyl (C=O) groups is 1. The number of nitrogens with two attached hydrogens (primary N) is 1. The normalized spacial score (nSPS) is 9.20. The molecule has 0 spiro atoms. The summed E-state index contributed by atoms with van der Waals surface area (Å²) in [5, 5.41) is 1.82. The van der Waals surface area contributed by atoms with Gasteiger partial charge in [-0.3, -0.25) is 4.72 Å². The highest BCUT2D eigenvalue weighted by Gasteiger charge is 1.96. The van der Waals surface area contributed by atoms with Gasteiger partial charge in [-0.1, -0.05) is 0 Å². The molecule has 1 heterocycles. The third kappa shape index (κ3) is 2.24. The number of thiazole rings is 1. The van der Waals surface area contributed by atoms with Crippen molar-refractivity contribution in [1.29, 1.82) is 0 Å². The van der Waals surface area contributed by atoms with Gasteiger partial charge >= 0.3 is 6.03 Å². The summed E-state index contributed by atoms with van der Waals surface area (Å²) in [6.07, 6.45) is 1.66. The lowest BCUT2D eigenvalue weighted by molar-refractivity contribution is 0.254. The average molecular weight is 175 g/mol. The van der Waals surface area contributed by atoms with E-state index in [0.717, 1.165) is 16.3 Å². The Bertz CT molecular complexity index is 210. The molecule has 3 N–H and O–H groups in total. The van der Waals surface area contributed by atoms with Gasteiger partial charge in [-0.25, -0.2) is 9.78 Å². The molecular weight excluding hydrogens is 170 g/mol. The molecule has 0 saturated heterocycles. The molecule has 0 aromatic carbocycles. The Morgan fingerprint density at radius 2 is 2.70 bits per heavy atom. The van der Waals surface area contributed by atoms with Crippen LogP contribution in [0, 0.1) is 0 Å². The fraction of sp³-hybridized carbons (Fsp3) is 0. The molecular formula is C4H5N3OS2. The first-order valence-electron chi connectivity index (χ1n) is 2.41. The van der Waals surface area contributed by atoms with Crippen LogP contribution in [0.1, 0.15) is 0 Å². The van der Waals surface area contributed by atoms with Crippen LogP contribution in [0.4, 0.5) is 4.79 Å². The van der Waals surface area contributed by atoms with E-state index in [2.05, 4.69) is 9.71 Å². The summed E-state index contributed by atoms with van der Waals surface area (Å²) in [7, 11) is 0. The first-order chi connectivity index (χ1) is 4.79. The highest BCUT2D eigenvalue weighted by molar-refractivity contribution is 7.99. The van der Waals surface area contributed by atoms with Crippen LogP contribution in [-0.4, -0.2) is 11.0 Å². The van der Waals surface area contributed by atoms with Crippen LogP contribution in [0.2, 0.25) is 0 Å². The van der Waals surface area contributed by atoms with Crippen LogP contribution >= 0.6 is 23.3 Å². The smallest absolute Gasteiger partial charge is 0.322 e. The highest BCUT2D eigenvalue weighted by Crippen LogP contribution is 2.15. The Kier molecular flexibility index (Phi) is 2.52. The van der Waals surface area contributed by atoms with Crippen molar-refractivity contribution in [3.8, 4) is 0 Å². The van der Waals surface area contributed by atoms with Crippen LogP contribution in [0.15, 0.2) is 15.9 Å². The number of rotatable bonds is 2. The van der Waals surface area contributed by atoms with Crippen LogP contribution in [0.25, 0.3) is 0 Å². The molecule has 1 aromatic heterocycles. The zero-order valence-corrected chi connectivity index (χ0v) is 6.54. The zero-order chi connectivity index (χ0) is 7.40. The topological polar surface area (TPSA) is 68.0 Å². The molecule has 6 heteroatoms. The van der Waals surface area contributed by atoms with Crippen molar-refractivity contribution in [3.63, 3.8) is 0 Å². The Labute approximate surface area is 66.0 Å². The lowest BCUT2D eigenvalue weighted by atomic mass is 11.0. The number of primary amides is 1. The molecule has 1 rings (SSSR count). The molecule has 0 unspecified atom stereocenters. The minimum atomic E-state index is -0.555. The quantitative estimate of drug-likeness (QED) is 0.654. The fourth-order valence-electron chi connectivity index (χ4n) is 0.355. The number of nitrogens with zero attached hydrogens (tertiary/aromatic N) is 1. The summed E-state index contributed by atoms with van der Waals surface area (Å²) in [4.78, 5) is 14.1. The number of aromatic nitrogens is 1. The summed E-state index contributed by atoms with van der Waals surface area (Å²) < 4.78 is 3.13. The number of carbonyl (C=O) groups excluding carboxylic acids is 1. The van der Waals surface area contributed by atoms with Crippen LogP contribution in [-0.2, 0) is 0 Å². The maximum atomic E-state index is 10.2. The predicted molar refractivity (Wildman–Crippen MR) is 40.7 cm³/mol.